The Hall–Kier alpha value is -3.95. The van der Waals surface area contributed by atoms with E-state index < -0.39 is 0 Å². The number of nitrogens with one attached hydrogen (secondary N) is 1. The Morgan fingerprint density at radius 3 is 2.65 bits per heavy atom. The molecule has 0 aliphatic heterocycles. The quantitative estimate of drug-likeness (QED) is 0.320. The Kier molecular flexibility index (Phi) is 6.57. The van der Waals surface area contributed by atoms with Gasteiger partial charge in [-0.15, -0.1) is 0 Å². The first-order valence-corrected chi connectivity index (χ1v) is 12.3. The highest BCUT2D eigenvalue weighted by Crippen LogP contribution is 2.29. The summed E-state index contributed by atoms with van der Waals surface area (Å²) in [5.41, 5.74) is 4.49. The Bertz CT molecular complexity index is 1770. The van der Waals surface area contributed by atoms with Crippen molar-refractivity contribution >= 4 is 39.1 Å². The van der Waals surface area contributed by atoms with Crippen molar-refractivity contribution in [2.24, 2.45) is 14.1 Å². The number of aryl methyl sites for hydroxylation is 3. The van der Waals surface area contributed by atoms with Crippen molar-refractivity contribution in [1.82, 2.24) is 23.9 Å². The molecule has 0 radical (unpaired) electrons. The summed E-state index contributed by atoms with van der Waals surface area (Å²) in [5, 5.41) is 20.0. The topological polar surface area (TPSA) is 107 Å². The van der Waals surface area contributed by atoms with Crippen molar-refractivity contribution in [2.75, 3.05) is 18.5 Å². The van der Waals surface area contributed by atoms with Crippen LogP contribution in [0.4, 0.5) is 5.69 Å². The third kappa shape index (κ3) is 4.52. The fraction of sp³-hybridized carbons (Fsp3) is 0.259. The molecule has 37 heavy (non-hydrogen) atoms. The third-order valence-corrected chi connectivity index (χ3v) is 6.77. The highest BCUT2D eigenvalue weighted by molar-refractivity contribution is 6.29. The maximum atomic E-state index is 13.3. The number of pyridine rings is 3. The summed E-state index contributed by atoms with van der Waals surface area (Å²) in [4.78, 5) is 29.9. The van der Waals surface area contributed by atoms with Crippen molar-refractivity contribution in [2.45, 2.75) is 19.9 Å². The minimum atomic E-state index is -0.135. The molecule has 0 unspecified atom stereocenters. The van der Waals surface area contributed by atoms with Crippen LogP contribution in [0.3, 0.4) is 0 Å². The van der Waals surface area contributed by atoms with Gasteiger partial charge >= 0.3 is 0 Å². The molecule has 4 aromatic heterocycles. The van der Waals surface area contributed by atoms with E-state index in [0.717, 1.165) is 27.6 Å². The van der Waals surface area contributed by atoms with E-state index in [0.29, 0.717) is 47.0 Å². The first-order valence-electron chi connectivity index (χ1n) is 11.9. The van der Waals surface area contributed by atoms with Crippen molar-refractivity contribution in [1.29, 1.82) is 0 Å². The van der Waals surface area contributed by atoms with Crippen LogP contribution in [0.2, 0.25) is 5.15 Å². The fourth-order valence-electron chi connectivity index (χ4n) is 4.82. The zero-order valence-corrected chi connectivity index (χ0v) is 21.6. The smallest absolute Gasteiger partial charge is 0.259 e. The van der Waals surface area contributed by atoms with Crippen LogP contribution in [0.25, 0.3) is 33.1 Å². The Morgan fingerprint density at radius 1 is 1.08 bits per heavy atom. The van der Waals surface area contributed by atoms with Gasteiger partial charge in [-0.3, -0.25) is 14.2 Å². The summed E-state index contributed by atoms with van der Waals surface area (Å²) in [7, 11) is 3.43. The Balaban J connectivity index is 1.53. The lowest BCUT2D eigenvalue weighted by Gasteiger charge is -2.15. The van der Waals surface area contributed by atoms with E-state index in [2.05, 4.69) is 21.5 Å². The van der Waals surface area contributed by atoms with Gasteiger partial charge in [0.05, 0.1) is 30.7 Å². The predicted molar refractivity (Wildman–Crippen MR) is 146 cm³/mol. The SMILES string of the molecule is Cc1cc(CCNc2ccc(Cl)nc2-c2ccn(C)c(=O)c2)c2c(c1)c(=O)n(C)c1c2cnn1CCO. The molecule has 1 aromatic carbocycles. The van der Waals surface area contributed by atoms with Gasteiger partial charge < -0.3 is 15.0 Å². The Labute approximate surface area is 217 Å². The molecule has 0 bridgehead atoms. The second-order valence-electron chi connectivity index (χ2n) is 9.11. The van der Waals surface area contributed by atoms with Gasteiger partial charge in [0.2, 0.25) is 0 Å². The van der Waals surface area contributed by atoms with Crippen molar-refractivity contribution in [3.63, 3.8) is 0 Å². The Morgan fingerprint density at radius 2 is 1.89 bits per heavy atom. The monoisotopic (exact) mass is 518 g/mol. The van der Waals surface area contributed by atoms with Crippen LogP contribution < -0.4 is 16.4 Å². The van der Waals surface area contributed by atoms with Crippen molar-refractivity contribution in [3.05, 3.63) is 85.8 Å². The summed E-state index contributed by atoms with van der Waals surface area (Å²) in [6.45, 7) is 2.77. The lowest BCUT2D eigenvalue weighted by atomic mass is 9.98. The van der Waals surface area contributed by atoms with E-state index in [-0.39, 0.29) is 17.7 Å². The molecular weight excluding hydrogens is 492 g/mol. The second-order valence-corrected chi connectivity index (χ2v) is 9.50. The maximum Gasteiger partial charge on any atom is 0.259 e. The van der Waals surface area contributed by atoms with Crippen LogP contribution in [0.5, 0.6) is 0 Å². The fourth-order valence-corrected chi connectivity index (χ4v) is 4.96. The summed E-state index contributed by atoms with van der Waals surface area (Å²) in [5.74, 6) is 0. The van der Waals surface area contributed by atoms with Gasteiger partial charge in [0, 0.05) is 54.6 Å². The van der Waals surface area contributed by atoms with E-state index >= 15 is 0 Å². The molecule has 0 saturated heterocycles. The van der Waals surface area contributed by atoms with Crippen LogP contribution in [0.15, 0.2) is 58.4 Å². The van der Waals surface area contributed by atoms with E-state index in [4.69, 9.17) is 11.6 Å². The van der Waals surface area contributed by atoms with Crippen molar-refractivity contribution in [3.8, 4) is 11.3 Å². The predicted octanol–water partition coefficient (Wildman–Crippen LogP) is 3.26. The number of aliphatic hydroxyl groups excluding tert-OH is 1. The number of hydrogen-bond donors (Lipinski definition) is 2. The zero-order valence-electron chi connectivity index (χ0n) is 20.8. The first-order chi connectivity index (χ1) is 17.8. The lowest BCUT2D eigenvalue weighted by Crippen LogP contribution is -2.21. The number of fused-ring (bicyclic) bond motifs is 3. The maximum absolute atomic E-state index is 13.3. The average Bonchev–Trinajstić information content (AvgIpc) is 3.28. The molecule has 9 nitrogen and oxygen atoms in total. The van der Waals surface area contributed by atoms with E-state index in [9.17, 15) is 14.7 Å². The molecule has 0 fully saturated rings. The van der Waals surface area contributed by atoms with Gasteiger partial charge in [-0.25, -0.2) is 9.67 Å². The largest absolute Gasteiger partial charge is 0.394 e. The summed E-state index contributed by atoms with van der Waals surface area (Å²) < 4.78 is 4.75. The number of halogens is 1. The van der Waals surface area contributed by atoms with Crippen LogP contribution in [0.1, 0.15) is 11.1 Å². The minimum absolute atomic E-state index is 0.0708. The molecule has 0 spiro atoms. The second kappa shape index (κ2) is 9.84. The molecule has 5 aromatic rings. The molecule has 4 heterocycles. The molecular formula is C27H27ClN6O3. The molecule has 5 rings (SSSR count). The summed E-state index contributed by atoms with van der Waals surface area (Å²) in [6, 6.07) is 10.9. The van der Waals surface area contributed by atoms with Gasteiger partial charge in [0.25, 0.3) is 11.1 Å². The normalized spacial score (nSPS) is 11.5. The molecule has 2 N–H and O–H groups in total. The summed E-state index contributed by atoms with van der Waals surface area (Å²) in [6.07, 6.45) is 4.09. The minimum Gasteiger partial charge on any atom is -0.394 e. The lowest BCUT2D eigenvalue weighted by molar-refractivity contribution is 0.271. The number of aliphatic hydroxyl groups is 1. The van der Waals surface area contributed by atoms with Gasteiger partial charge in [-0.1, -0.05) is 23.2 Å². The van der Waals surface area contributed by atoms with E-state index in [1.807, 2.05) is 25.1 Å². The molecule has 0 amide bonds. The van der Waals surface area contributed by atoms with Crippen LogP contribution in [0, 0.1) is 6.92 Å². The standard InChI is InChI=1S/C27H27ClN6O3/c1-16-12-17(24-19(13-16)27(37)33(3)26-20(24)15-30-34(26)10-11-35)6-8-29-21-4-5-22(28)31-25(21)18-7-9-32(2)23(36)14-18/h4-5,7,9,12-15,29,35H,6,8,10-11H2,1-3H3. The number of nitrogens with zero attached hydrogens (tertiary/aromatic N) is 5. The highest BCUT2D eigenvalue weighted by Gasteiger charge is 2.17. The molecule has 10 heteroatoms. The van der Waals surface area contributed by atoms with Gasteiger partial charge in [0.1, 0.15) is 10.8 Å². The van der Waals surface area contributed by atoms with Gasteiger partial charge in [-0.2, -0.15) is 5.10 Å². The number of rotatable bonds is 7. The first kappa shape index (κ1) is 24.7. The van der Waals surface area contributed by atoms with Crippen LogP contribution in [-0.2, 0) is 27.1 Å². The van der Waals surface area contributed by atoms with E-state index in [1.165, 1.54) is 10.6 Å². The third-order valence-electron chi connectivity index (χ3n) is 6.56. The van der Waals surface area contributed by atoms with Gasteiger partial charge in [-0.05, 0) is 43.2 Å². The molecule has 0 aliphatic carbocycles. The van der Waals surface area contributed by atoms with Crippen LogP contribution in [-0.4, -0.2) is 42.2 Å². The zero-order chi connectivity index (χ0) is 26.3. The van der Waals surface area contributed by atoms with Crippen molar-refractivity contribution < 1.29 is 5.11 Å². The van der Waals surface area contributed by atoms with E-state index in [1.54, 1.807) is 41.8 Å². The number of benzene rings is 1. The molecule has 0 saturated carbocycles. The summed E-state index contributed by atoms with van der Waals surface area (Å²) >= 11 is 6.18. The number of hydrogen-bond acceptors (Lipinski definition) is 6. The van der Waals surface area contributed by atoms with Gasteiger partial charge in [0.15, 0.2) is 0 Å². The highest BCUT2D eigenvalue weighted by atomic mass is 35.5. The van der Waals surface area contributed by atoms with Crippen LogP contribution >= 0.6 is 11.6 Å². The number of aromatic nitrogens is 5. The molecule has 190 valence electrons. The molecule has 0 atom stereocenters. The number of anilines is 1. The average molecular weight is 519 g/mol. The molecule has 0 aliphatic rings.